The van der Waals surface area contributed by atoms with E-state index in [1.807, 2.05) is 13.8 Å². The maximum absolute atomic E-state index is 13.1. The van der Waals surface area contributed by atoms with Gasteiger partial charge in [0.15, 0.2) is 5.96 Å². The molecule has 208 valence electrons. The highest BCUT2D eigenvalue weighted by Crippen LogP contribution is 2.10. The molecule has 4 unspecified atom stereocenters. The Labute approximate surface area is 213 Å². The number of aliphatic imine (C=N–C) groups is 1. The van der Waals surface area contributed by atoms with Crippen molar-refractivity contribution in [2.45, 2.75) is 90.4 Å². The van der Waals surface area contributed by atoms with Gasteiger partial charge in [-0.25, -0.2) is 4.79 Å². The third-order valence-corrected chi connectivity index (χ3v) is 5.45. The lowest BCUT2D eigenvalue weighted by Gasteiger charge is -2.27. The van der Waals surface area contributed by atoms with E-state index in [2.05, 4.69) is 20.9 Å². The van der Waals surface area contributed by atoms with Gasteiger partial charge in [0.25, 0.3) is 0 Å². The van der Waals surface area contributed by atoms with Gasteiger partial charge in [-0.05, 0) is 50.5 Å². The van der Waals surface area contributed by atoms with E-state index in [9.17, 15) is 24.3 Å². The second-order valence-corrected chi connectivity index (χ2v) is 9.66. The zero-order valence-corrected chi connectivity index (χ0v) is 22.0. The lowest BCUT2D eigenvalue weighted by Crippen LogP contribution is -2.58. The molecule has 0 aromatic rings. The van der Waals surface area contributed by atoms with Crippen LogP contribution in [0.5, 0.6) is 0 Å². The Morgan fingerprint density at radius 3 is 1.94 bits per heavy atom. The van der Waals surface area contributed by atoms with E-state index in [0.717, 1.165) is 6.42 Å². The maximum Gasteiger partial charge on any atom is 0.326 e. The second-order valence-electron chi connectivity index (χ2n) is 9.66. The quantitative estimate of drug-likeness (QED) is 0.0617. The summed E-state index contributed by atoms with van der Waals surface area (Å²) in [7, 11) is 0. The molecule has 0 aliphatic rings. The molecule has 0 spiro atoms. The molecule has 0 rings (SSSR count). The second kappa shape index (κ2) is 17.5. The van der Waals surface area contributed by atoms with Crippen LogP contribution in [0.15, 0.2) is 4.99 Å². The van der Waals surface area contributed by atoms with Crippen molar-refractivity contribution in [2.75, 3.05) is 13.1 Å². The van der Waals surface area contributed by atoms with Gasteiger partial charge in [-0.2, -0.15) is 0 Å². The van der Waals surface area contributed by atoms with Crippen molar-refractivity contribution in [1.29, 1.82) is 0 Å². The van der Waals surface area contributed by atoms with Gasteiger partial charge in [-0.1, -0.05) is 34.1 Å². The van der Waals surface area contributed by atoms with Crippen LogP contribution >= 0.6 is 0 Å². The Hall–Kier alpha value is -2.93. The molecule has 13 nitrogen and oxygen atoms in total. The third kappa shape index (κ3) is 13.8. The lowest BCUT2D eigenvalue weighted by molar-refractivity contribution is -0.142. The minimum atomic E-state index is -1.21. The maximum atomic E-state index is 13.1. The van der Waals surface area contributed by atoms with Gasteiger partial charge in [0, 0.05) is 6.54 Å². The Bertz CT molecular complexity index is 740. The molecule has 0 saturated carbocycles. The van der Waals surface area contributed by atoms with Crippen LogP contribution in [0.25, 0.3) is 0 Å². The highest BCUT2D eigenvalue weighted by molar-refractivity contribution is 5.94. The summed E-state index contributed by atoms with van der Waals surface area (Å²) in [6.45, 7) is 8.00. The van der Waals surface area contributed by atoms with Crippen molar-refractivity contribution in [2.24, 2.45) is 39.8 Å². The van der Waals surface area contributed by atoms with Crippen LogP contribution in [0.3, 0.4) is 0 Å². The fourth-order valence-corrected chi connectivity index (χ4v) is 3.43. The van der Waals surface area contributed by atoms with Gasteiger partial charge in [-0.3, -0.25) is 19.4 Å². The number of carboxylic acid groups (broad SMARTS) is 1. The molecule has 0 heterocycles. The number of hydrogen-bond acceptors (Lipinski definition) is 7. The van der Waals surface area contributed by atoms with E-state index in [0.29, 0.717) is 25.8 Å². The van der Waals surface area contributed by atoms with Crippen molar-refractivity contribution in [3.05, 3.63) is 0 Å². The highest BCUT2D eigenvalue weighted by Gasteiger charge is 2.31. The number of rotatable bonds is 18. The number of aliphatic carboxylic acids is 1. The normalized spacial score (nSPS) is 14.4. The number of nitrogens with one attached hydrogen (secondary N) is 3. The minimum absolute atomic E-state index is 0.0225. The van der Waals surface area contributed by atoms with Crippen molar-refractivity contribution in [3.8, 4) is 0 Å². The van der Waals surface area contributed by atoms with Gasteiger partial charge in [-0.15, -0.1) is 0 Å². The Morgan fingerprint density at radius 2 is 1.44 bits per heavy atom. The first-order chi connectivity index (χ1) is 16.8. The molecule has 12 N–H and O–H groups in total. The molecule has 0 bridgehead atoms. The number of amides is 3. The summed E-state index contributed by atoms with van der Waals surface area (Å²) in [6.07, 6.45) is 2.59. The average molecular weight is 515 g/mol. The first-order valence-electron chi connectivity index (χ1n) is 12.4. The summed E-state index contributed by atoms with van der Waals surface area (Å²) in [4.78, 5) is 54.0. The standard InChI is InChI=1S/C23H46N8O5/c1-13(2)12-17(20(33)29-16(22(35)36)9-7-11-28-23(26)27)30-21(34)18(14(3)4)31-19(32)15(25)8-5-6-10-24/h13-18H,5-12,24-25H2,1-4H3,(H,29,33)(H,30,34)(H,31,32)(H,35,36)(H4,26,27,28). The average Bonchev–Trinajstić information content (AvgIpc) is 2.77. The predicted molar refractivity (Wildman–Crippen MR) is 139 cm³/mol. The number of nitrogens with two attached hydrogens (primary N) is 4. The summed E-state index contributed by atoms with van der Waals surface area (Å²) in [5.74, 6) is -3.21. The summed E-state index contributed by atoms with van der Waals surface area (Å²) >= 11 is 0. The SMILES string of the molecule is CC(C)CC(NC(=O)C(NC(=O)C(N)CCCCN)C(C)C)C(=O)NC(CCCN=C(N)N)C(=O)O. The van der Waals surface area contributed by atoms with Crippen molar-refractivity contribution < 1.29 is 24.3 Å². The minimum Gasteiger partial charge on any atom is -0.480 e. The Kier molecular flexibility index (Phi) is 16.1. The van der Waals surface area contributed by atoms with Crippen molar-refractivity contribution >= 4 is 29.7 Å². The molecule has 0 saturated heterocycles. The Morgan fingerprint density at radius 1 is 0.833 bits per heavy atom. The van der Waals surface area contributed by atoms with Crippen molar-refractivity contribution in [1.82, 2.24) is 16.0 Å². The zero-order chi connectivity index (χ0) is 27.8. The number of guanidine groups is 1. The molecule has 0 aromatic heterocycles. The topological polar surface area (TPSA) is 241 Å². The summed E-state index contributed by atoms with van der Waals surface area (Å²) in [6, 6.07) is -3.87. The molecule has 4 atom stereocenters. The molecule has 0 radical (unpaired) electrons. The molecule has 0 aromatic carbocycles. The number of nitrogens with zero attached hydrogens (tertiary/aromatic N) is 1. The number of carbonyl (C=O) groups is 4. The molecular weight excluding hydrogens is 468 g/mol. The first kappa shape index (κ1) is 33.1. The number of hydrogen-bond donors (Lipinski definition) is 8. The summed E-state index contributed by atoms with van der Waals surface area (Å²) < 4.78 is 0. The van der Waals surface area contributed by atoms with E-state index >= 15 is 0 Å². The monoisotopic (exact) mass is 514 g/mol. The van der Waals surface area contributed by atoms with Gasteiger partial charge in [0.1, 0.15) is 18.1 Å². The molecule has 3 amide bonds. The lowest BCUT2D eigenvalue weighted by atomic mass is 9.99. The zero-order valence-electron chi connectivity index (χ0n) is 22.0. The molecule has 13 heteroatoms. The Balaban J connectivity index is 5.33. The molecule has 0 aliphatic heterocycles. The molecule has 0 aliphatic carbocycles. The largest absolute Gasteiger partial charge is 0.480 e. The predicted octanol–water partition coefficient (Wildman–Crippen LogP) is -1.26. The number of carbonyl (C=O) groups excluding carboxylic acids is 3. The van der Waals surface area contributed by atoms with E-state index in [4.69, 9.17) is 22.9 Å². The third-order valence-electron chi connectivity index (χ3n) is 5.45. The van der Waals surface area contributed by atoms with Crippen LogP contribution in [-0.2, 0) is 19.2 Å². The van der Waals surface area contributed by atoms with Crippen molar-refractivity contribution in [3.63, 3.8) is 0 Å². The first-order valence-corrected chi connectivity index (χ1v) is 12.4. The van der Waals surface area contributed by atoms with E-state index in [1.165, 1.54) is 0 Å². The van der Waals surface area contributed by atoms with Gasteiger partial charge in [0.2, 0.25) is 17.7 Å². The molecular formula is C23H46N8O5. The van der Waals surface area contributed by atoms with Gasteiger partial charge < -0.3 is 44.0 Å². The van der Waals surface area contributed by atoms with Crippen LogP contribution < -0.4 is 38.9 Å². The van der Waals surface area contributed by atoms with Gasteiger partial charge >= 0.3 is 5.97 Å². The fourth-order valence-electron chi connectivity index (χ4n) is 3.43. The van der Waals surface area contributed by atoms with E-state index in [-0.39, 0.29) is 37.2 Å². The highest BCUT2D eigenvalue weighted by atomic mass is 16.4. The van der Waals surface area contributed by atoms with Crippen LogP contribution in [-0.4, -0.2) is 72.0 Å². The molecule has 36 heavy (non-hydrogen) atoms. The summed E-state index contributed by atoms with van der Waals surface area (Å²) in [5.41, 5.74) is 21.9. The number of carboxylic acids is 1. The summed E-state index contributed by atoms with van der Waals surface area (Å²) in [5, 5.41) is 17.4. The number of unbranched alkanes of at least 4 members (excludes halogenated alkanes) is 1. The molecule has 0 fully saturated rings. The van der Waals surface area contributed by atoms with Gasteiger partial charge in [0.05, 0.1) is 6.04 Å². The smallest absolute Gasteiger partial charge is 0.326 e. The van der Waals surface area contributed by atoms with E-state index < -0.39 is 47.9 Å². The fraction of sp³-hybridized carbons (Fsp3) is 0.783. The van der Waals surface area contributed by atoms with E-state index in [1.54, 1.807) is 13.8 Å². The van der Waals surface area contributed by atoms with Crippen LogP contribution in [0.2, 0.25) is 0 Å². The van der Waals surface area contributed by atoms with Crippen LogP contribution in [0.1, 0.15) is 66.2 Å². The van der Waals surface area contributed by atoms with Crippen LogP contribution in [0, 0.1) is 11.8 Å². The van der Waals surface area contributed by atoms with Crippen LogP contribution in [0.4, 0.5) is 0 Å².